The lowest BCUT2D eigenvalue weighted by molar-refractivity contribution is 0.0462. The Balaban J connectivity index is 1.46. The number of carbonyl (C=O) groups is 1. The number of esters is 1. The summed E-state index contributed by atoms with van der Waals surface area (Å²) in [7, 11) is -3.63. The largest absolute Gasteiger partial charge is 0.454 e. The van der Waals surface area contributed by atoms with Crippen LogP contribution < -0.4 is 5.56 Å². The van der Waals surface area contributed by atoms with Crippen LogP contribution in [0, 0.1) is 11.8 Å². The Hall–Kier alpha value is -2.75. The molecule has 0 amide bonds. The van der Waals surface area contributed by atoms with E-state index in [1.54, 1.807) is 18.2 Å². The molecule has 4 rings (SSSR count). The van der Waals surface area contributed by atoms with Crippen molar-refractivity contribution in [2.75, 3.05) is 13.1 Å². The number of aromatic nitrogens is 2. The molecule has 0 saturated carbocycles. The zero-order valence-electron chi connectivity index (χ0n) is 18.2. The van der Waals surface area contributed by atoms with E-state index in [2.05, 4.69) is 9.97 Å². The molecule has 0 bridgehead atoms. The standard InChI is InChI=1S/C23H24ClN3O5S/c1-14-9-15(2)12-27(11-14)33(30,31)18-6-3-16(4-7-18)23(29)32-13-21-25-20-10-17(24)5-8-19(20)22(28)26-21/h3-8,10,14-15H,9,11-13H2,1-2H3,(H,25,26,28). The Morgan fingerprint density at radius 3 is 2.48 bits per heavy atom. The number of aromatic amines is 1. The van der Waals surface area contributed by atoms with Gasteiger partial charge < -0.3 is 9.72 Å². The average molecular weight is 490 g/mol. The van der Waals surface area contributed by atoms with E-state index in [0.29, 0.717) is 40.9 Å². The Bertz CT molecular complexity index is 1340. The molecule has 1 saturated heterocycles. The van der Waals surface area contributed by atoms with Gasteiger partial charge in [-0.25, -0.2) is 18.2 Å². The van der Waals surface area contributed by atoms with Crippen molar-refractivity contribution in [3.05, 3.63) is 69.2 Å². The first-order valence-corrected chi connectivity index (χ1v) is 12.4. The number of H-pyrrole nitrogens is 1. The summed E-state index contributed by atoms with van der Waals surface area (Å²) in [6, 6.07) is 10.4. The highest BCUT2D eigenvalue weighted by Gasteiger charge is 2.31. The third kappa shape index (κ3) is 5.10. The van der Waals surface area contributed by atoms with Gasteiger partial charge in [-0.15, -0.1) is 0 Å². The maximum absolute atomic E-state index is 13.0. The van der Waals surface area contributed by atoms with Gasteiger partial charge in [0.1, 0.15) is 12.4 Å². The molecule has 1 fully saturated rings. The molecule has 0 radical (unpaired) electrons. The molecule has 3 aromatic rings. The monoisotopic (exact) mass is 489 g/mol. The molecule has 8 nitrogen and oxygen atoms in total. The number of halogens is 1. The van der Waals surface area contributed by atoms with Crippen molar-refractivity contribution in [2.45, 2.75) is 31.8 Å². The minimum Gasteiger partial charge on any atom is -0.454 e. The van der Waals surface area contributed by atoms with Crippen LogP contribution in [0.25, 0.3) is 10.9 Å². The van der Waals surface area contributed by atoms with Crippen molar-refractivity contribution in [1.82, 2.24) is 14.3 Å². The second kappa shape index (κ2) is 9.24. The zero-order valence-corrected chi connectivity index (χ0v) is 19.8. The smallest absolute Gasteiger partial charge is 0.338 e. The minimum atomic E-state index is -3.63. The van der Waals surface area contributed by atoms with E-state index >= 15 is 0 Å². The zero-order chi connectivity index (χ0) is 23.8. The molecule has 1 aromatic heterocycles. The number of sulfonamides is 1. The summed E-state index contributed by atoms with van der Waals surface area (Å²) in [6.45, 7) is 4.81. The third-order valence-corrected chi connectivity index (χ3v) is 7.70. The van der Waals surface area contributed by atoms with Gasteiger partial charge >= 0.3 is 5.97 Å². The van der Waals surface area contributed by atoms with Crippen molar-refractivity contribution in [3.8, 4) is 0 Å². The summed E-state index contributed by atoms with van der Waals surface area (Å²) in [5, 5.41) is 0.816. The van der Waals surface area contributed by atoms with Gasteiger partial charge in [0, 0.05) is 18.1 Å². The Morgan fingerprint density at radius 1 is 1.15 bits per heavy atom. The molecule has 2 unspecified atom stereocenters. The highest BCUT2D eigenvalue weighted by Crippen LogP contribution is 2.27. The Labute approximate surface area is 196 Å². The molecule has 0 spiro atoms. The second-order valence-electron chi connectivity index (χ2n) is 8.54. The lowest BCUT2D eigenvalue weighted by atomic mass is 9.94. The maximum Gasteiger partial charge on any atom is 0.338 e. The molecule has 10 heteroatoms. The molecule has 2 atom stereocenters. The molecular formula is C23H24ClN3O5S. The number of ether oxygens (including phenoxy) is 1. The lowest BCUT2D eigenvalue weighted by Gasteiger charge is -2.34. The van der Waals surface area contributed by atoms with Crippen molar-refractivity contribution >= 4 is 38.5 Å². The van der Waals surface area contributed by atoms with Crippen LogP contribution in [0.5, 0.6) is 0 Å². The maximum atomic E-state index is 13.0. The van der Waals surface area contributed by atoms with Gasteiger partial charge in [-0.2, -0.15) is 4.31 Å². The number of hydrogen-bond acceptors (Lipinski definition) is 6. The van der Waals surface area contributed by atoms with E-state index < -0.39 is 16.0 Å². The molecule has 1 N–H and O–H groups in total. The second-order valence-corrected chi connectivity index (χ2v) is 10.9. The summed E-state index contributed by atoms with van der Waals surface area (Å²) in [6.07, 6.45) is 1.00. The van der Waals surface area contributed by atoms with Crippen molar-refractivity contribution in [1.29, 1.82) is 0 Å². The predicted molar refractivity (Wildman–Crippen MR) is 125 cm³/mol. The highest BCUT2D eigenvalue weighted by molar-refractivity contribution is 7.89. The van der Waals surface area contributed by atoms with Crippen LogP contribution in [-0.4, -0.2) is 41.7 Å². The van der Waals surface area contributed by atoms with Crippen LogP contribution in [0.2, 0.25) is 5.02 Å². The molecule has 1 aliphatic heterocycles. The molecule has 2 heterocycles. The SMILES string of the molecule is CC1CC(C)CN(S(=O)(=O)c2ccc(C(=O)OCc3nc4cc(Cl)ccc4c(=O)[nH]3)cc2)C1. The lowest BCUT2D eigenvalue weighted by Crippen LogP contribution is -2.42. The van der Waals surface area contributed by atoms with E-state index in [0.717, 1.165) is 6.42 Å². The molecule has 1 aliphatic rings. The number of hydrogen-bond donors (Lipinski definition) is 1. The fourth-order valence-electron chi connectivity index (χ4n) is 4.16. The Morgan fingerprint density at radius 2 is 1.82 bits per heavy atom. The van der Waals surface area contributed by atoms with Gasteiger partial charge in [-0.1, -0.05) is 25.4 Å². The van der Waals surface area contributed by atoms with Crippen LogP contribution >= 0.6 is 11.6 Å². The third-order valence-electron chi connectivity index (χ3n) is 5.62. The van der Waals surface area contributed by atoms with E-state index in [-0.39, 0.29) is 28.4 Å². The Kier molecular flexibility index (Phi) is 6.56. The van der Waals surface area contributed by atoms with Crippen LogP contribution in [0.1, 0.15) is 36.5 Å². The molecule has 2 aromatic carbocycles. The van der Waals surface area contributed by atoms with E-state index in [9.17, 15) is 18.0 Å². The fourth-order valence-corrected chi connectivity index (χ4v) is 6.01. The first-order chi connectivity index (χ1) is 15.6. The van der Waals surface area contributed by atoms with Gasteiger partial charge in [-0.05, 0) is 60.7 Å². The summed E-state index contributed by atoms with van der Waals surface area (Å²) >= 11 is 5.96. The summed E-state index contributed by atoms with van der Waals surface area (Å²) in [5.41, 5.74) is 0.229. The number of piperidine rings is 1. The normalized spacial score (nSPS) is 19.5. The highest BCUT2D eigenvalue weighted by atomic mass is 35.5. The van der Waals surface area contributed by atoms with E-state index in [1.165, 1.54) is 28.6 Å². The topological polar surface area (TPSA) is 109 Å². The number of benzene rings is 2. The molecular weight excluding hydrogens is 466 g/mol. The van der Waals surface area contributed by atoms with Crippen molar-refractivity contribution in [2.24, 2.45) is 11.8 Å². The average Bonchev–Trinajstić information content (AvgIpc) is 2.76. The first-order valence-electron chi connectivity index (χ1n) is 10.6. The van der Waals surface area contributed by atoms with Gasteiger partial charge in [0.05, 0.1) is 21.4 Å². The summed E-state index contributed by atoms with van der Waals surface area (Å²) in [4.78, 5) is 31.6. The fraction of sp³-hybridized carbons (Fsp3) is 0.348. The minimum absolute atomic E-state index is 0.137. The van der Waals surface area contributed by atoms with Crippen LogP contribution in [0.4, 0.5) is 0 Å². The number of nitrogens with one attached hydrogen (secondary N) is 1. The molecule has 33 heavy (non-hydrogen) atoms. The van der Waals surface area contributed by atoms with Gasteiger partial charge in [-0.3, -0.25) is 4.79 Å². The number of nitrogens with zero attached hydrogens (tertiary/aromatic N) is 2. The number of rotatable bonds is 5. The quantitative estimate of drug-likeness (QED) is 0.548. The van der Waals surface area contributed by atoms with Crippen molar-refractivity contribution in [3.63, 3.8) is 0 Å². The van der Waals surface area contributed by atoms with Gasteiger partial charge in [0.2, 0.25) is 10.0 Å². The van der Waals surface area contributed by atoms with Crippen molar-refractivity contribution < 1.29 is 17.9 Å². The number of fused-ring (bicyclic) bond motifs is 1. The molecule has 174 valence electrons. The van der Waals surface area contributed by atoms with Gasteiger partial charge in [0.25, 0.3) is 5.56 Å². The predicted octanol–water partition coefficient (Wildman–Crippen LogP) is 3.60. The van der Waals surface area contributed by atoms with Gasteiger partial charge in [0.15, 0.2) is 0 Å². The van der Waals surface area contributed by atoms with Crippen LogP contribution in [0.3, 0.4) is 0 Å². The number of carbonyl (C=O) groups excluding carboxylic acids is 1. The summed E-state index contributed by atoms with van der Waals surface area (Å²) in [5.74, 6) is 0.108. The molecule has 0 aliphatic carbocycles. The van der Waals surface area contributed by atoms with E-state index in [4.69, 9.17) is 16.3 Å². The first kappa shape index (κ1) is 23.4. The van der Waals surface area contributed by atoms with Crippen LogP contribution in [0.15, 0.2) is 52.2 Å². The summed E-state index contributed by atoms with van der Waals surface area (Å²) < 4.78 is 32.7. The van der Waals surface area contributed by atoms with Crippen LogP contribution in [-0.2, 0) is 21.4 Å². The van der Waals surface area contributed by atoms with E-state index in [1.807, 2.05) is 13.8 Å².